The second kappa shape index (κ2) is 12.5. The highest BCUT2D eigenvalue weighted by molar-refractivity contribution is 5.93. The third-order valence-electron chi connectivity index (χ3n) is 3.93. The summed E-state index contributed by atoms with van der Waals surface area (Å²) < 4.78 is 10.4. The van der Waals surface area contributed by atoms with Gasteiger partial charge in [0.15, 0.2) is 0 Å². The molecular formula is C21H32O4. The second-order valence-corrected chi connectivity index (χ2v) is 6.64. The van der Waals surface area contributed by atoms with Crippen LogP contribution in [0.15, 0.2) is 24.3 Å². The van der Waals surface area contributed by atoms with Gasteiger partial charge in [0.05, 0.1) is 23.8 Å². The van der Waals surface area contributed by atoms with Crippen LogP contribution in [0.2, 0.25) is 0 Å². The molecule has 0 fully saturated rings. The molecule has 0 heterocycles. The molecule has 0 aromatic heterocycles. The minimum atomic E-state index is -0.381. The fourth-order valence-corrected chi connectivity index (χ4v) is 2.51. The Kier molecular flexibility index (Phi) is 10.6. The SMILES string of the molecule is CCCCCCCCCCOC(=O)c1ccc(C(=O)OC(C)C)cc1. The summed E-state index contributed by atoms with van der Waals surface area (Å²) >= 11 is 0. The molecule has 1 aromatic carbocycles. The lowest BCUT2D eigenvalue weighted by Gasteiger charge is -2.08. The van der Waals surface area contributed by atoms with E-state index in [2.05, 4.69) is 6.92 Å². The average Bonchev–Trinajstić information content (AvgIpc) is 2.59. The number of hydrogen-bond acceptors (Lipinski definition) is 4. The number of ether oxygens (including phenoxy) is 2. The van der Waals surface area contributed by atoms with E-state index in [4.69, 9.17) is 9.47 Å². The molecule has 1 aromatic rings. The first-order valence-electron chi connectivity index (χ1n) is 9.52. The second-order valence-electron chi connectivity index (χ2n) is 6.64. The van der Waals surface area contributed by atoms with Crippen LogP contribution in [0.4, 0.5) is 0 Å². The van der Waals surface area contributed by atoms with Gasteiger partial charge in [-0.05, 0) is 44.5 Å². The Morgan fingerprint density at radius 2 is 1.28 bits per heavy atom. The normalized spacial score (nSPS) is 10.7. The molecule has 0 saturated heterocycles. The van der Waals surface area contributed by atoms with Crippen molar-refractivity contribution in [2.75, 3.05) is 6.61 Å². The van der Waals surface area contributed by atoms with E-state index in [1.54, 1.807) is 38.1 Å². The first-order valence-corrected chi connectivity index (χ1v) is 9.52. The Morgan fingerprint density at radius 3 is 1.80 bits per heavy atom. The molecule has 0 amide bonds. The first-order chi connectivity index (χ1) is 12.0. The minimum absolute atomic E-state index is 0.163. The number of unbranched alkanes of at least 4 members (excludes halogenated alkanes) is 7. The average molecular weight is 348 g/mol. The van der Waals surface area contributed by atoms with Gasteiger partial charge in [-0.15, -0.1) is 0 Å². The number of carbonyl (C=O) groups excluding carboxylic acids is 2. The van der Waals surface area contributed by atoms with Gasteiger partial charge in [0.25, 0.3) is 0 Å². The number of esters is 2. The van der Waals surface area contributed by atoms with E-state index in [0.717, 1.165) is 12.8 Å². The highest BCUT2D eigenvalue weighted by Crippen LogP contribution is 2.11. The third-order valence-corrected chi connectivity index (χ3v) is 3.93. The molecule has 0 spiro atoms. The monoisotopic (exact) mass is 348 g/mol. The third kappa shape index (κ3) is 9.28. The summed E-state index contributed by atoms with van der Waals surface area (Å²) in [6, 6.07) is 6.40. The molecule has 0 saturated carbocycles. The zero-order valence-electron chi connectivity index (χ0n) is 15.9. The van der Waals surface area contributed by atoms with Crippen LogP contribution < -0.4 is 0 Å². The van der Waals surface area contributed by atoms with Gasteiger partial charge in [0.2, 0.25) is 0 Å². The molecule has 0 atom stereocenters. The van der Waals surface area contributed by atoms with Crippen molar-refractivity contribution in [2.24, 2.45) is 0 Å². The van der Waals surface area contributed by atoms with Crippen LogP contribution in [0.25, 0.3) is 0 Å². The Balaban J connectivity index is 2.21. The van der Waals surface area contributed by atoms with E-state index < -0.39 is 0 Å². The van der Waals surface area contributed by atoms with Crippen LogP contribution in [0, 0.1) is 0 Å². The van der Waals surface area contributed by atoms with Crippen LogP contribution in [-0.2, 0) is 9.47 Å². The van der Waals surface area contributed by atoms with Gasteiger partial charge in [0.1, 0.15) is 0 Å². The summed E-state index contributed by atoms with van der Waals surface area (Å²) in [4.78, 5) is 23.7. The van der Waals surface area contributed by atoms with E-state index in [9.17, 15) is 9.59 Å². The van der Waals surface area contributed by atoms with Crippen LogP contribution >= 0.6 is 0 Å². The van der Waals surface area contributed by atoms with Gasteiger partial charge in [-0.2, -0.15) is 0 Å². The maximum atomic E-state index is 12.0. The number of carbonyl (C=O) groups is 2. The zero-order chi connectivity index (χ0) is 18.5. The summed E-state index contributed by atoms with van der Waals surface area (Å²) in [6.07, 6.45) is 9.53. The number of benzene rings is 1. The van der Waals surface area contributed by atoms with E-state index in [0.29, 0.717) is 17.7 Å². The molecule has 1 rings (SSSR count). The summed E-state index contributed by atoms with van der Waals surface area (Å²) in [5.74, 6) is -0.722. The summed E-state index contributed by atoms with van der Waals surface area (Å²) in [7, 11) is 0. The van der Waals surface area contributed by atoms with Gasteiger partial charge in [-0.3, -0.25) is 0 Å². The molecule has 25 heavy (non-hydrogen) atoms. The molecule has 0 N–H and O–H groups in total. The molecule has 4 heteroatoms. The molecule has 0 aliphatic heterocycles. The first kappa shape index (κ1) is 21.2. The van der Waals surface area contributed by atoms with Crippen molar-refractivity contribution in [3.05, 3.63) is 35.4 Å². The molecular weight excluding hydrogens is 316 g/mol. The van der Waals surface area contributed by atoms with E-state index in [-0.39, 0.29) is 18.0 Å². The molecule has 0 aliphatic carbocycles. The maximum absolute atomic E-state index is 12.0. The Bertz CT molecular complexity index is 505. The molecule has 0 bridgehead atoms. The van der Waals surface area contributed by atoms with Crippen molar-refractivity contribution in [3.63, 3.8) is 0 Å². The fraction of sp³-hybridized carbons (Fsp3) is 0.619. The number of hydrogen-bond donors (Lipinski definition) is 0. The van der Waals surface area contributed by atoms with Crippen LogP contribution in [-0.4, -0.2) is 24.6 Å². The van der Waals surface area contributed by atoms with Crippen LogP contribution in [0.5, 0.6) is 0 Å². The molecule has 140 valence electrons. The summed E-state index contributed by atoms with van der Waals surface area (Å²) in [5, 5.41) is 0. The Morgan fingerprint density at radius 1 is 0.800 bits per heavy atom. The van der Waals surface area contributed by atoms with Crippen molar-refractivity contribution in [2.45, 2.75) is 78.2 Å². The van der Waals surface area contributed by atoms with Gasteiger partial charge in [-0.25, -0.2) is 9.59 Å². The number of rotatable bonds is 12. The highest BCUT2D eigenvalue weighted by atomic mass is 16.5. The standard InChI is InChI=1S/C21H32O4/c1-4-5-6-7-8-9-10-11-16-24-20(22)18-12-14-19(15-13-18)21(23)25-17(2)3/h12-15,17H,4-11,16H2,1-3H3. The highest BCUT2D eigenvalue weighted by Gasteiger charge is 2.11. The maximum Gasteiger partial charge on any atom is 0.338 e. The Hall–Kier alpha value is -1.84. The predicted octanol–water partition coefficient (Wildman–Crippen LogP) is 5.55. The summed E-state index contributed by atoms with van der Waals surface area (Å²) in [6.45, 7) is 6.27. The summed E-state index contributed by atoms with van der Waals surface area (Å²) in [5.41, 5.74) is 0.897. The van der Waals surface area contributed by atoms with E-state index in [1.807, 2.05) is 0 Å². The van der Waals surface area contributed by atoms with Crippen LogP contribution in [0.1, 0.15) is 92.9 Å². The van der Waals surface area contributed by atoms with Crippen molar-refractivity contribution in [1.29, 1.82) is 0 Å². The van der Waals surface area contributed by atoms with Crippen molar-refractivity contribution in [3.8, 4) is 0 Å². The quantitative estimate of drug-likeness (QED) is 0.367. The fourth-order valence-electron chi connectivity index (χ4n) is 2.51. The van der Waals surface area contributed by atoms with Crippen molar-refractivity contribution < 1.29 is 19.1 Å². The van der Waals surface area contributed by atoms with Crippen LogP contribution in [0.3, 0.4) is 0 Å². The van der Waals surface area contributed by atoms with Crippen molar-refractivity contribution >= 4 is 11.9 Å². The molecule has 0 aliphatic rings. The zero-order valence-corrected chi connectivity index (χ0v) is 15.9. The largest absolute Gasteiger partial charge is 0.462 e. The lowest BCUT2D eigenvalue weighted by molar-refractivity contribution is 0.0376. The molecule has 4 nitrogen and oxygen atoms in total. The van der Waals surface area contributed by atoms with Gasteiger partial charge in [-0.1, -0.05) is 51.9 Å². The molecule has 0 unspecified atom stereocenters. The topological polar surface area (TPSA) is 52.6 Å². The van der Waals surface area contributed by atoms with E-state index in [1.165, 1.54) is 38.5 Å². The van der Waals surface area contributed by atoms with Gasteiger partial charge >= 0.3 is 11.9 Å². The lowest BCUT2D eigenvalue weighted by Crippen LogP contribution is -2.12. The van der Waals surface area contributed by atoms with Crippen molar-refractivity contribution in [1.82, 2.24) is 0 Å². The van der Waals surface area contributed by atoms with E-state index >= 15 is 0 Å². The van der Waals surface area contributed by atoms with Gasteiger partial charge < -0.3 is 9.47 Å². The Labute approximate surface area is 151 Å². The smallest absolute Gasteiger partial charge is 0.338 e. The molecule has 0 radical (unpaired) electrons. The lowest BCUT2D eigenvalue weighted by atomic mass is 10.1. The minimum Gasteiger partial charge on any atom is -0.462 e. The predicted molar refractivity (Wildman–Crippen MR) is 99.9 cm³/mol. The van der Waals surface area contributed by atoms with Gasteiger partial charge in [0, 0.05) is 0 Å².